The maximum atomic E-state index is 13.1. The van der Waals surface area contributed by atoms with Crippen LogP contribution >= 0.6 is 15.6 Å². The SMILES string of the molecule is CC/C=C\C/C=C\C/C=C\C/C=C\C/C=C\CCCCCC(=O)O[C@H](COC(=O)CCCCCCC/C=C\CCCCCC)COP(=O)(O)OC[C@H](O)COP(=O)(O)OC[C@@H](COC(=O)CC/C=C\C/C=C\C/C=C\C/C=C\C/C=C\CCCCC)OC(=O)CCCCCCCCCCCCCCCCC. The minimum atomic E-state index is -5.00. The van der Waals surface area contributed by atoms with Crippen LogP contribution in [0.25, 0.3) is 0 Å². The first kappa shape index (κ1) is 101. The van der Waals surface area contributed by atoms with Crippen molar-refractivity contribution < 1.29 is 80.2 Å². The van der Waals surface area contributed by atoms with Crippen LogP contribution in [0.3, 0.4) is 0 Å². The van der Waals surface area contributed by atoms with E-state index in [0.29, 0.717) is 32.1 Å². The summed E-state index contributed by atoms with van der Waals surface area (Å²) in [6.45, 7) is 4.62. The average molecular weight is 1530 g/mol. The van der Waals surface area contributed by atoms with Crippen molar-refractivity contribution in [3.63, 3.8) is 0 Å². The van der Waals surface area contributed by atoms with E-state index in [1.54, 1.807) is 0 Å². The number of esters is 4. The lowest BCUT2D eigenvalue weighted by molar-refractivity contribution is -0.161. The summed E-state index contributed by atoms with van der Waals surface area (Å²) in [6, 6.07) is 0. The maximum Gasteiger partial charge on any atom is 0.472 e. The van der Waals surface area contributed by atoms with E-state index in [0.717, 1.165) is 141 Å². The first-order valence-electron chi connectivity index (χ1n) is 41.4. The first-order chi connectivity index (χ1) is 51.7. The summed E-state index contributed by atoms with van der Waals surface area (Å²) in [7, 11) is -9.99. The molecular formula is C87H148O17P2. The predicted octanol–water partition coefficient (Wildman–Crippen LogP) is 24.4. The van der Waals surface area contributed by atoms with Gasteiger partial charge in [0.25, 0.3) is 0 Å². The minimum Gasteiger partial charge on any atom is -0.462 e. The number of carbonyl (C=O) groups excluding carboxylic acids is 4. The van der Waals surface area contributed by atoms with Gasteiger partial charge in [0.15, 0.2) is 12.2 Å². The van der Waals surface area contributed by atoms with Crippen LogP contribution in [0.5, 0.6) is 0 Å². The summed E-state index contributed by atoms with van der Waals surface area (Å²) in [5.41, 5.74) is 0. The summed E-state index contributed by atoms with van der Waals surface area (Å²) < 4.78 is 68.6. The van der Waals surface area contributed by atoms with Gasteiger partial charge in [-0.05, 0) is 135 Å². The molecule has 17 nitrogen and oxygen atoms in total. The fraction of sp³-hybridized carbons (Fsp3) is 0.701. The third kappa shape index (κ3) is 77.4. The van der Waals surface area contributed by atoms with Gasteiger partial charge in [0.1, 0.15) is 19.3 Å². The largest absolute Gasteiger partial charge is 0.472 e. The monoisotopic (exact) mass is 1530 g/mol. The smallest absolute Gasteiger partial charge is 0.462 e. The normalized spacial score (nSPS) is 14.5. The van der Waals surface area contributed by atoms with E-state index < -0.39 is 97.5 Å². The highest BCUT2D eigenvalue weighted by Crippen LogP contribution is 2.45. The molecule has 0 bridgehead atoms. The van der Waals surface area contributed by atoms with Gasteiger partial charge in [-0.2, -0.15) is 0 Å². The first-order valence-corrected chi connectivity index (χ1v) is 44.4. The Bertz CT molecular complexity index is 2530. The van der Waals surface area contributed by atoms with Crippen molar-refractivity contribution in [1.82, 2.24) is 0 Å². The number of phosphoric acid groups is 2. The highest BCUT2D eigenvalue weighted by atomic mass is 31.2. The van der Waals surface area contributed by atoms with Crippen LogP contribution < -0.4 is 0 Å². The molecule has 0 amide bonds. The molecule has 106 heavy (non-hydrogen) atoms. The molecule has 608 valence electrons. The summed E-state index contributed by atoms with van der Waals surface area (Å²) in [4.78, 5) is 73.1. The van der Waals surface area contributed by atoms with E-state index in [4.69, 9.17) is 37.0 Å². The molecule has 0 rings (SSSR count). The van der Waals surface area contributed by atoms with Crippen molar-refractivity contribution in [2.24, 2.45) is 0 Å². The molecule has 2 unspecified atom stereocenters. The number of allylic oxidation sites excluding steroid dienone is 22. The van der Waals surface area contributed by atoms with Crippen molar-refractivity contribution >= 4 is 39.5 Å². The highest BCUT2D eigenvalue weighted by Gasteiger charge is 2.30. The van der Waals surface area contributed by atoms with E-state index in [1.165, 1.54) is 109 Å². The fourth-order valence-corrected chi connectivity index (χ4v) is 12.4. The molecule has 19 heteroatoms. The Hall–Kier alpha value is -4.80. The lowest BCUT2D eigenvalue weighted by atomic mass is 10.0. The lowest BCUT2D eigenvalue weighted by Crippen LogP contribution is -2.30. The van der Waals surface area contributed by atoms with Gasteiger partial charge in [-0.3, -0.25) is 37.3 Å². The van der Waals surface area contributed by atoms with Crippen molar-refractivity contribution in [2.75, 3.05) is 39.6 Å². The molecule has 0 heterocycles. The van der Waals surface area contributed by atoms with Gasteiger partial charge < -0.3 is 33.8 Å². The molecule has 0 fully saturated rings. The summed E-state index contributed by atoms with van der Waals surface area (Å²) in [6.07, 6.45) is 88.7. The number of carbonyl (C=O) groups is 4. The van der Waals surface area contributed by atoms with Gasteiger partial charge in [0, 0.05) is 25.7 Å². The van der Waals surface area contributed by atoms with Crippen LogP contribution in [0, 0.1) is 0 Å². The molecule has 0 aliphatic rings. The van der Waals surface area contributed by atoms with Gasteiger partial charge in [-0.1, -0.05) is 309 Å². The van der Waals surface area contributed by atoms with Crippen molar-refractivity contribution in [2.45, 2.75) is 354 Å². The maximum absolute atomic E-state index is 13.1. The second-order valence-corrected chi connectivity index (χ2v) is 30.2. The number of ether oxygens (including phenoxy) is 4. The quantitative estimate of drug-likeness (QED) is 0.0169. The van der Waals surface area contributed by atoms with Crippen LogP contribution in [0.4, 0.5) is 0 Å². The average Bonchev–Trinajstić information content (AvgIpc) is 0.911. The number of hydrogen-bond donors (Lipinski definition) is 3. The van der Waals surface area contributed by atoms with Crippen LogP contribution in [-0.2, 0) is 65.4 Å². The predicted molar refractivity (Wildman–Crippen MR) is 436 cm³/mol. The van der Waals surface area contributed by atoms with Gasteiger partial charge in [0.05, 0.1) is 26.4 Å². The molecule has 0 saturated heterocycles. The highest BCUT2D eigenvalue weighted by molar-refractivity contribution is 7.47. The fourth-order valence-electron chi connectivity index (χ4n) is 10.8. The third-order valence-corrected chi connectivity index (χ3v) is 19.0. The van der Waals surface area contributed by atoms with Crippen LogP contribution in [0.2, 0.25) is 0 Å². The van der Waals surface area contributed by atoms with Crippen LogP contribution in [0.1, 0.15) is 336 Å². The molecule has 0 aromatic heterocycles. The number of aliphatic hydroxyl groups excluding tert-OH is 1. The molecular weight excluding hydrogens is 1380 g/mol. The molecule has 0 aliphatic heterocycles. The molecule has 3 N–H and O–H groups in total. The molecule has 0 radical (unpaired) electrons. The topological polar surface area (TPSA) is 237 Å². The molecule has 0 aromatic rings. The van der Waals surface area contributed by atoms with E-state index in [9.17, 15) is 43.2 Å². The Kier molecular flexibility index (Phi) is 74.8. The Balaban J connectivity index is 5.45. The van der Waals surface area contributed by atoms with Crippen LogP contribution in [-0.4, -0.2) is 96.7 Å². The molecule has 0 aromatic carbocycles. The Morgan fingerprint density at radius 2 is 0.509 bits per heavy atom. The van der Waals surface area contributed by atoms with Gasteiger partial charge in [-0.25, -0.2) is 9.13 Å². The number of unbranched alkanes of at least 4 members (excludes halogenated alkanes) is 29. The Morgan fingerprint density at radius 1 is 0.274 bits per heavy atom. The zero-order valence-electron chi connectivity index (χ0n) is 66.6. The van der Waals surface area contributed by atoms with Gasteiger partial charge in [0.2, 0.25) is 0 Å². The molecule has 0 saturated carbocycles. The van der Waals surface area contributed by atoms with E-state index in [2.05, 4.69) is 149 Å². The van der Waals surface area contributed by atoms with Crippen molar-refractivity contribution in [3.8, 4) is 0 Å². The lowest BCUT2D eigenvalue weighted by Gasteiger charge is -2.21. The zero-order chi connectivity index (χ0) is 77.4. The van der Waals surface area contributed by atoms with Crippen LogP contribution in [0.15, 0.2) is 134 Å². The third-order valence-electron chi connectivity index (χ3n) is 17.1. The molecule has 0 aliphatic carbocycles. The van der Waals surface area contributed by atoms with Crippen molar-refractivity contribution in [3.05, 3.63) is 134 Å². The summed E-state index contributed by atoms with van der Waals surface area (Å²) >= 11 is 0. The second kappa shape index (κ2) is 78.3. The van der Waals surface area contributed by atoms with Gasteiger partial charge >= 0.3 is 39.5 Å². The standard InChI is InChI=1S/C87H148O17P2/c1-5-9-13-17-21-25-29-33-36-38-40-42-45-48-52-56-60-64-68-72-85(90)98-78-83(103-86(91)73-69-65-61-57-53-49-44-35-31-27-23-19-15-11-7-3)80-102-106(95,96)100-76-81(88)75-99-105(93,94)101-79-82(77-97-84(89)71-67-63-59-55-51-47-32-28-24-20-16-12-8-4)104-87(92)74-70-66-62-58-54-50-46-43-41-39-37-34-30-26-22-18-14-10-6-2/h10,14,21-22,25-26,28,32-34,36-37,40-43,48,50,52,54,60,64,81-83,88H,5-9,11-13,15-20,23-24,27,29-31,35,38-39,44-47,49,51,53,55-59,61-63,65-80H2,1-4H3,(H,93,94)(H,95,96)/b14-10-,25-21-,26-22-,32-28-,36-33-,37-34-,42-40-,43-41-,52-48-,54-50-,64-60-/t81-,82+,83+/m0/s1. The number of aliphatic hydroxyl groups is 1. The Labute approximate surface area is 644 Å². The number of hydrogen-bond acceptors (Lipinski definition) is 15. The van der Waals surface area contributed by atoms with E-state index in [-0.39, 0.29) is 25.7 Å². The second-order valence-electron chi connectivity index (χ2n) is 27.3. The van der Waals surface area contributed by atoms with E-state index in [1.807, 2.05) is 12.2 Å². The van der Waals surface area contributed by atoms with Crippen molar-refractivity contribution in [1.29, 1.82) is 0 Å². The summed E-state index contributed by atoms with van der Waals surface area (Å²) in [5.74, 6) is -2.31. The minimum absolute atomic E-state index is 0.0370. The Morgan fingerprint density at radius 3 is 0.858 bits per heavy atom. The number of phosphoric ester groups is 2. The summed E-state index contributed by atoms with van der Waals surface area (Å²) in [5, 5.41) is 10.7. The molecule has 5 atom stereocenters. The van der Waals surface area contributed by atoms with E-state index >= 15 is 0 Å². The molecule has 0 spiro atoms. The zero-order valence-corrected chi connectivity index (χ0v) is 68.4. The van der Waals surface area contributed by atoms with Gasteiger partial charge in [-0.15, -0.1) is 0 Å². The number of rotatable bonds is 77.